The molecule has 0 saturated carbocycles. The summed E-state index contributed by atoms with van der Waals surface area (Å²) in [5.74, 6) is 3.45. The lowest BCUT2D eigenvalue weighted by Gasteiger charge is -2.16. The second-order valence-corrected chi connectivity index (χ2v) is 8.17. The van der Waals surface area contributed by atoms with Crippen LogP contribution in [0.15, 0.2) is 26.3 Å². The zero-order valence-corrected chi connectivity index (χ0v) is 19.5. The van der Waals surface area contributed by atoms with E-state index >= 15 is 0 Å². The van der Waals surface area contributed by atoms with Gasteiger partial charge in [0.25, 0.3) is 5.22 Å². The average molecular weight is 449 g/mol. The van der Waals surface area contributed by atoms with E-state index in [9.17, 15) is 0 Å². The standard InChI is InChI=1S/C21H28N4O5S/c1-7-26-15-10-14(11-16(27-8-2)17(15)28-9-3)20-23-24-21(29-20)31-13(6)19-22-18(12(4)5)25-30-19/h10-13H,7-9H2,1-6H3/t13-/m0/s1. The summed E-state index contributed by atoms with van der Waals surface area (Å²) in [7, 11) is 0. The summed E-state index contributed by atoms with van der Waals surface area (Å²) >= 11 is 1.35. The molecule has 0 radical (unpaired) electrons. The molecule has 2 aromatic heterocycles. The second kappa shape index (κ2) is 10.5. The van der Waals surface area contributed by atoms with Gasteiger partial charge in [-0.05, 0) is 39.8 Å². The van der Waals surface area contributed by atoms with Gasteiger partial charge in [0.15, 0.2) is 17.3 Å². The van der Waals surface area contributed by atoms with E-state index in [0.29, 0.717) is 65.5 Å². The monoisotopic (exact) mass is 448 g/mol. The van der Waals surface area contributed by atoms with Crippen LogP contribution in [0, 0.1) is 0 Å². The highest BCUT2D eigenvalue weighted by molar-refractivity contribution is 7.99. The molecule has 0 aliphatic rings. The van der Waals surface area contributed by atoms with Gasteiger partial charge < -0.3 is 23.2 Å². The molecule has 0 aliphatic heterocycles. The van der Waals surface area contributed by atoms with E-state index in [1.54, 1.807) is 0 Å². The molecular formula is C21H28N4O5S. The molecule has 31 heavy (non-hydrogen) atoms. The van der Waals surface area contributed by atoms with Crippen molar-refractivity contribution < 1.29 is 23.2 Å². The largest absolute Gasteiger partial charge is 0.490 e. The zero-order valence-electron chi connectivity index (χ0n) is 18.7. The molecule has 0 fully saturated rings. The molecule has 2 heterocycles. The zero-order chi connectivity index (χ0) is 22.4. The Morgan fingerprint density at radius 2 is 1.58 bits per heavy atom. The van der Waals surface area contributed by atoms with E-state index in [4.69, 9.17) is 23.2 Å². The van der Waals surface area contributed by atoms with Gasteiger partial charge in [-0.25, -0.2) is 0 Å². The van der Waals surface area contributed by atoms with E-state index in [1.807, 2.05) is 53.7 Å². The predicted octanol–water partition coefficient (Wildman–Crippen LogP) is 5.29. The van der Waals surface area contributed by atoms with E-state index in [2.05, 4.69) is 20.3 Å². The lowest BCUT2D eigenvalue weighted by atomic mass is 10.2. The number of thioether (sulfide) groups is 1. The number of benzene rings is 1. The van der Waals surface area contributed by atoms with Crippen LogP contribution in [0.25, 0.3) is 11.5 Å². The minimum Gasteiger partial charge on any atom is -0.490 e. The summed E-state index contributed by atoms with van der Waals surface area (Å²) in [4.78, 5) is 4.43. The lowest BCUT2D eigenvalue weighted by Crippen LogP contribution is -2.03. The molecule has 9 nitrogen and oxygen atoms in total. The average Bonchev–Trinajstić information content (AvgIpc) is 3.40. The summed E-state index contributed by atoms with van der Waals surface area (Å²) in [5.41, 5.74) is 0.683. The molecule has 0 saturated heterocycles. The lowest BCUT2D eigenvalue weighted by molar-refractivity contribution is 0.261. The number of nitrogens with zero attached hydrogens (tertiary/aromatic N) is 4. The molecule has 0 spiro atoms. The first-order chi connectivity index (χ1) is 15.0. The predicted molar refractivity (Wildman–Crippen MR) is 116 cm³/mol. The van der Waals surface area contributed by atoms with Crippen LogP contribution >= 0.6 is 11.8 Å². The van der Waals surface area contributed by atoms with E-state index < -0.39 is 0 Å². The van der Waals surface area contributed by atoms with Gasteiger partial charge in [-0.1, -0.05) is 30.8 Å². The first-order valence-electron chi connectivity index (χ1n) is 10.4. The molecule has 0 bridgehead atoms. The molecule has 3 rings (SSSR count). The third-order valence-electron chi connectivity index (χ3n) is 4.16. The number of hydrogen-bond donors (Lipinski definition) is 0. The number of rotatable bonds is 11. The normalized spacial score (nSPS) is 12.2. The van der Waals surface area contributed by atoms with E-state index in [-0.39, 0.29) is 11.2 Å². The van der Waals surface area contributed by atoms with Gasteiger partial charge in [0.05, 0.1) is 25.1 Å². The van der Waals surface area contributed by atoms with Crippen LogP contribution < -0.4 is 14.2 Å². The van der Waals surface area contributed by atoms with Crippen LogP contribution in [-0.2, 0) is 0 Å². The van der Waals surface area contributed by atoms with Crippen LogP contribution in [0.2, 0.25) is 0 Å². The number of aromatic nitrogens is 4. The Bertz CT molecular complexity index is 961. The van der Waals surface area contributed by atoms with Crippen LogP contribution in [-0.4, -0.2) is 40.2 Å². The van der Waals surface area contributed by atoms with Gasteiger partial charge in [-0.3, -0.25) is 0 Å². The highest BCUT2D eigenvalue weighted by atomic mass is 32.2. The summed E-state index contributed by atoms with van der Waals surface area (Å²) in [5, 5.41) is 12.6. The van der Waals surface area contributed by atoms with Crippen molar-refractivity contribution >= 4 is 11.8 Å². The molecular weight excluding hydrogens is 420 g/mol. The quantitative estimate of drug-likeness (QED) is 0.359. The van der Waals surface area contributed by atoms with Crippen LogP contribution in [0.3, 0.4) is 0 Å². The summed E-state index contributed by atoms with van der Waals surface area (Å²) < 4.78 is 28.5. The van der Waals surface area contributed by atoms with Crippen molar-refractivity contribution in [3.63, 3.8) is 0 Å². The Morgan fingerprint density at radius 3 is 2.13 bits per heavy atom. The van der Waals surface area contributed by atoms with Crippen molar-refractivity contribution in [3.8, 4) is 28.7 Å². The maximum atomic E-state index is 5.88. The fourth-order valence-corrected chi connectivity index (χ4v) is 3.45. The maximum Gasteiger partial charge on any atom is 0.277 e. The van der Waals surface area contributed by atoms with Crippen molar-refractivity contribution in [2.45, 2.75) is 57.9 Å². The fraction of sp³-hybridized carbons (Fsp3) is 0.524. The van der Waals surface area contributed by atoms with Crippen LogP contribution in [0.5, 0.6) is 17.2 Å². The SMILES string of the molecule is CCOc1cc(-c2nnc(S[C@@H](C)c3nc(C(C)C)no3)o2)cc(OCC)c1OCC. The minimum absolute atomic E-state index is 0.133. The van der Waals surface area contributed by atoms with Crippen molar-refractivity contribution in [2.24, 2.45) is 0 Å². The highest BCUT2D eigenvalue weighted by Crippen LogP contribution is 2.42. The molecule has 0 unspecified atom stereocenters. The van der Waals surface area contributed by atoms with Gasteiger partial charge in [0, 0.05) is 11.5 Å². The smallest absolute Gasteiger partial charge is 0.277 e. The summed E-state index contributed by atoms with van der Waals surface area (Å²) in [6.45, 7) is 13.2. The number of ether oxygens (including phenoxy) is 3. The van der Waals surface area contributed by atoms with Crippen molar-refractivity contribution in [2.75, 3.05) is 19.8 Å². The fourth-order valence-electron chi connectivity index (χ4n) is 2.73. The Kier molecular flexibility index (Phi) is 7.78. The molecule has 1 atom stereocenters. The molecule has 10 heteroatoms. The third kappa shape index (κ3) is 5.49. The first-order valence-corrected chi connectivity index (χ1v) is 11.2. The Labute approximate surface area is 185 Å². The van der Waals surface area contributed by atoms with Gasteiger partial charge in [-0.15, -0.1) is 10.2 Å². The van der Waals surface area contributed by atoms with Gasteiger partial charge in [0.1, 0.15) is 0 Å². The summed E-state index contributed by atoms with van der Waals surface area (Å²) in [6.07, 6.45) is 0. The Balaban J connectivity index is 1.84. The molecule has 0 aliphatic carbocycles. The van der Waals surface area contributed by atoms with Gasteiger partial charge >= 0.3 is 0 Å². The van der Waals surface area contributed by atoms with E-state index in [0.717, 1.165) is 0 Å². The first kappa shape index (κ1) is 22.9. The van der Waals surface area contributed by atoms with Crippen LogP contribution in [0.4, 0.5) is 0 Å². The molecule has 0 amide bonds. The molecule has 1 aromatic carbocycles. The van der Waals surface area contributed by atoms with Gasteiger partial charge in [-0.2, -0.15) is 4.98 Å². The molecule has 3 aromatic rings. The Morgan fingerprint density at radius 1 is 0.935 bits per heavy atom. The maximum absolute atomic E-state index is 5.88. The molecule has 0 N–H and O–H groups in total. The summed E-state index contributed by atoms with van der Waals surface area (Å²) in [6, 6.07) is 3.63. The second-order valence-electron chi connectivity index (χ2n) is 6.88. The van der Waals surface area contributed by atoms with E-state index in [1.165, 1.54) is 11.8 Å². The third-order valence-corrected chi connectivity index (χ3v) is 5.08. The number of hydrogen-bond acceptors (Lipinski definition) is 10. The Hall–Kier alpha value is -2.75. The van der Waals surface area contributed by atoms with Gasteiger partial charge in [0.2, 0.25) is 17.5 Å². The van der Waals surface area contributed by atoms with Crippen LogP contribution in [0.1, 0.15) is 64.4 Å². The van der Waals surface area contributed by atoms with Crippen molar-refractivity contribution in [1.29, 1.82) is 0 Å². The topological polar surface area (TPSA) is 106 Å². The highest BCUT2D eigenvalue weighted by Gasteiger charge is 2.22. The van der Waals surface area contributed by atoms with Crippen molar-refractivity contribution in [1.82, 2.24) is 20.3 Å². The van der Waals surface area contributed by atoms with Crippen molar-refractivity contribution in [3.05, 3.63) is 23.8 Å². The molecule has 168 valence electrons. The minimum atomic E-state index is -0.133.